The third kappa shape index (κ3) is 2.19. The number of nitrogens with zero attached hydrogens (tertiary/aromatic N) is 1. The number of H-pyrrole nitrogens is 2. The van der Waals surface area contributed by atoms with Gasteiger partial charge in [0.25, 0.3) is 0 Å². The number of benzene rings is 1. The molecule has 0 fully saturated rings. The molecule has 4 N–H and O–H groups in total. The number of hydrogen-bond acceptors (Lipinski definition) is 3. The minimum atomic E-state index is -0.187. The number of nitrogen functional groups attached to an aromatic ring is 1. The lowest BCUT2D eigenvalue weighted by atomic mass is 10.0. The number of nitrogens with two attached hydrogens (primary N) is 1. The normalized spacial score (nSPS) is 10.7. The van der Waals surface area contributed by atoms with Crippen LogP contribution in [-0.4, -0.2) is 15.2 Å². The molecule has 0 saturated carbocycles. The molecule has 3 aromatic rings. The van der Waals surface area contributed by atoms with E-state index in [1.165, 1.54) is 6.07 Å². The predicted octanol–water partition coefficient (Wildman–Crippen LogP) is 2.67. The lowest BCUT2D eigenvalue weighted by Crippen LogP contribution is -2.04. The van der Waals surface area contributed by atoms with E-state index in [0.717, 1.165) is 5.56 Å². The smallest absolute Gasteiger partial charge is 0.248 e. The zero-order valence-electron chi connectivity index (χ0n) is 10.4. The molecule has 100 valence electrons. The molecule has 1 aromatic carbocycles. The van der Waals surface area contributed by atoms with Gasteiger partial charge in [0.2, 0.25) is 5.56 Å². The van der Waals surface area contributed by atoms with E-state index in [0.29, 0.717) is 27.8 Å². The molecule has 0 unspecified atom stereocenters. The Kier molecular flexibility index (Phi) is 3.04. The third-order valence-electron chi connectivity index (χ3n) is 2.95. The van der Waals surface area contributed by atoms with Crippen LogP contribution in [0.2, 0.25) is 5.02 Å². The highest BCUT2D eigenvalue weighted by Gasteiger charge is 2.15. The van der Waals surface area contributed by atoms with Crippen LogP contribution < -0.4 is 11.3 Å². The molecule has 3 rings (SSSR count). The van der Waals surface area contributed by atoms with Gasteiger partial charge in [-0.25, -0.2) is 0 Å². The zero-order chi connectivity index (χ0) is 14.1. The third-order valence-corrected chi connectivity index (χ3v) is 3.18. The molecule has 0 amide bonds. The van der Waals surface area contributed by atoms with Gasteiger partial charge in [-0.05, 0) is 23.8 Å². The first-order valence-corrected chi connectivity index (χ1v) is 6.32. The number of anilines is 1. The second-order valence-electron chi connectivity index (χ2n) is 4.30. The average molecular weight is 287 g/mol. The number of halogens is 1. The van der Waals surface area contributed by atoms with Gasteiger partial charge in [-0.15, -0.1) is 0 Å². The SMILES string of the molecule is Nc1n[nH]c(-c2cccc(=O)[nH]2)c1-c1cccc(Cl)c1. The Morgan fingerprint density at radius 1 is 1.15 bits per heavy atom. The standard InChI is InChI=1S/C14H11ClN4O/c15-9-4-1-3-8(7-9)12-13(18-19-14(12)16)10-5-2-6-11(20)17-10/h1-7H,(H,17,20)(H3,16,18,19). The highest BCUT2D eigenvalue weighted by Crippen LogP contribution is 2.34. The topological polar surface area (TPSA) is 87.6 Å². The van der Waals surface area contributed by atoms with Gasteiger partial charge >= 0.3 is 0 Å². The minimum absolute atomic E-state index is 0.187. The van der Waals surface area contributed by atoms with Gasteiger partial charge in [-0.3, -0.25) is 9.89 Å². The molecule has 2 aromatic heterocycles. The van der Waals surface area contributed by atoms with Crippen molar-refractivity contribution in [3.8, 4) is 22.5 Å². The maximum Gasteiger partial charge on any atom is 0.248 e. The van der Waals surface area contributed by atoms with Crippen LogP contribution in [-0.2, 0) is 0 Å². The molecule has 5 nitrogen and oxygen atoms in total. The molecule has 6 heteroatoms. The number of pyridine rings is 1. The van der Waals surface area contributed by atoms with E-state index in [4.69, 9.17) is 17.3 Å². The first kappa shape index (κ1) is 12.5. The first-order chi connectivity index (χ1) is 9.65. The van der Waals surface area contributed by atoms with Crippen LogP contribution in [0.25, 0.3) is 22.5 Å². The molecule has 0 aliphatic heterocycles. The van der Waals surface area contributed by atoms with Gasteiger partial charge < -0.3 is 10.7 Å². The van der Waals surface area contributed by atoms with E-state index in [1.54, 1.807) is 24.3 Å². The van der Waals surface area contributed by atoms with Crippen LogP contribution in [0.15, 0.2) is 47.3 Å². The maximum absolute atomic E-state index is 11.4. The number of nitrogens with one attached hydrogen (secondary N) is 2. The Morgan fingerprint density at radius 2 is 1.95 bits per heavy atom. The van der Waals surface area contributed by atoms with Crippen molar-refractivity contribution in [3.05, 3.63) is 57.8 Å². The van der Waals surface area contributed by atoms with Crippen molar-refractivity contribution < 1.29 is 0 Å². The van der Waals surface area contributed by atoms with E-state index < -0.39 is 0 Å². The molecule has 0 bridgehead atoms. The molecule has 2 heterocycles. The maximum atomic E-state index is 11.4. The van der Waals surface area contributed by atoms with E-state index in [2.05, 4.69) is 15.2 Å². The first-order valence-electron chi connectivity index (χ1n) is 5.94. The van der Waals surface area contributed by atoms with Gasteiger partial charge in [-0.1, -0.05) is 29.8 Å². The van der Waals surface area contributed by atoms with Gasteiger partial charge in [0.1, 0.15) is 0 Å². The van der Waals surface area contributed by atoms with Crippen molar-refractivity contribution in [2.24, 2.45) is 0 Å². The second kappa shape index (κ2) is 4.86. The summed E-state index contributed by atoms with van der Waals surface area (Å²) in [6.07, 6.45) is 0. The fraction of sp³-hybridized carbons (Fsp3) is 0. The largest absolute Gasteiger partial charge is 0.382 e. The molecule has 0 radical (unpaired) electrons. The average Bonchev–Trinajstić information content (AvgIpc) is 2.80. The highest BCUT2D eigenvalue weighted by atomic mass is 35.5. The summed E-state index contributed by atoms with van der Waals surface area (Å²) in [5.41, 5.74) is 8.56. The van der Waals surface area contributed by atoms with Crippen LogP contribution in [0, 0.1) is 0 Å². The lowest BCUT2D eigenvalue weighted by molar-refractivity contribution is 1.09. The summed E-state index contributed by atoms with van der Waals surface area (Å²) in [6.45, 7) is 0. The van der Waals surface area contributed by atoms with Crippen molar-refractivity contribution in [1.29, 1.82) is 0 Å². The number of aromatic nitrogens is 3. The van der Waals surface area contributed by atoms with Gasteiger partial charge in [0, 0.05) is 11.1 Å². The molecule has 0 saturated heterocycles. The van der Waals surface area contributed by atoms with Crippen LogP contribution >= 0.6 is 11.6 Å². The predicted molar refractivity (Wildman–Crippen MR) is 79.5 cm³/mol. The van der Waals surface area contributed by atoms with E-state index in [1.807, 2.05) is 12.1 Å². The fourth-order valence-corrected chi connectivity index (χ4v) is 2.27. The summed E-state index contributed by atoms with van der Waals surface area (Å²) in [5, 5.41) is 7.47. The summed E-state index contributed by atoms with van der Waals surface area (Å²) in [6, 6.07) is 12.2. The summed E-state index contributed by atoms with van der Waals surface area (Å²) in [7, 11) is 0. The quantitative estimate of drug-likeness (QED) is 0.677. The van der Waals surface area contributed by atoms with Gasteiger partial charge in [0.05, 0.1) is 17.0 Å². The van der Waals surface area contributed by atoms with E-state index in [9.17, 15) is 4.79 Å². The van der Waals surface area contributed by atoms with Crippen LogP contribution in [0.5, 0.6) is 0 Å². The number of rotatable bonds is 2. The van der Waals surface area contributed by atoms with Crippen molar-refractivity contribution >= 4 is 17.4 Å². The Labute approximate surface area is 119 Å². The van der Waals surface area contributed by atoms with Crippen molar-refractivity contribution in [2.75, 3.05) is 5.73 Å². The fourth-order valence-electron chi connectivity index (χ4n) is 2.08. The molecule has 0 aliphatic carbocycles. The van der Waals surface area contributed by atoms with Gasteiger partial charge in [-0.2, -0.15) is 5.10 Å². The second-order valence-corrected chi connectivity index (χ2v) is 4.73. The molecular formula is C14H11ClN4O. The summed E-state index contributed by atoms with van der Waals surface area (Å²) >= 11 is 6.01. The van der Waals surface area contributed by atoms with Gasteiger partial charge in [0.15, 0.2) is 5.82 Å². The van der Waals surface area contributed by atoms with Crippen molar-refractivity contribution in [2.45, 2.75) is 0 Å². The Bertz CT molecular complexity index is 822. The molecular weight excluding hydrogens is 276 g/mol. The molecule has 0 aliphatic rings. The summed E-state index contributed by atoms with van der Waals surface area (Å²) < 4.78 is 0. The Balaban J connectivity index is 2.22. The van der Waals surface area contributed by atoms with Crippen molar-refractivity contribution in [3.63, 3.8) is 0 Å². The van der Waals surface area contributed by atoms with E-state index in [-0.39, 0.29) is 5.56 Å². The number of aromatic amines is 2. The summed E-state index contributed by atoms with van der Waals surface area (Å²) in [4.78, 5) is 14.2. The van der Waals surface area contributed by atoms with Crippen LogP contribution in [0.4, 0.5) is 5.82 Å². The van der Waals surface area contributed by atoms with E-state index >= 15 is 0 Å². The van der Waals surface area contributed by atoms with Crippen molar-refractivity contribution in [1.82, 2.24) is 15.2 Å². The molecule has 0 atom stereocenters. The number of hydrogen-bond donors (Lipinski definition) is 3. The lowest BCUT2D eigenvalue weighted by Gasteiger charge is -2.05. The van der Waals surface area contributed by atoms with Crippen LogP contribution in [0.3, 0.4) is 0 Å². The minimum Gasteiger partial charge on any atom is -0.382 e. The zero-order valence-corrected chi connectivity index (χ0v) is 11.1. The molecule has 0 spiro atoms. The molecule has 20 heavy (non-hydrogen) atoms. The monoisotopic (exact) mass is 286 g/mol. The summed E-state index contributed by atoms with van der Waals surface area (Å²) in [5.74, 6) is 0.354. The van der Waals surface area contributed by atoms with Crippen LogP contribution in [0.1, 0.15) is 0 Å². The Morgan fingerprint density at radius 3 is 2.70 bits per heavy atom. The highest BCUT2D eigenvalue weighted by molar-refractivity contribution is 6.30. The Hall–Kier alpha value is -2.53.